The van der Waals surface area contributed by atoms with Crippen molar-refractivity contribution in [1.82, 2.24) is 5.32 Å². The predicted octanol–water partition coefficient (Wildman–Crippen LogP) is 4.32. The Balaban J connectivity index is 2.21. The molecule has 3 unspecified atom stereocenters. The maximum Gasteiger partial charge on any atom is 0.128 e. The highest BCUT2D eigenvalue weighted by molar-refractivity contribution is 5.47. The number of nitrogens with one attached hydrogen (secondary N) is 1. The van der Waals surface area contributed by atoms with Gasteiger partial charge in [-0.3, -0.25) is 0 Å². The second-order valence-corrected chi connectivity index (χ2v) is 6.16. The van der Waals surface area contributed by atoms with Gasteiger partial charge in [0.05, 0.1) is 18.8 Å². The molecule has 0 bridgehead atoms. The van der Waals surface area contributed by atoms with Gasteiger partial charge in [-0.25, -0.2) is 0 Å². The highest BCUT2D eigenvalue weighted by Gasteiger charge is 2.23. The summed E-state index contributed by atoms with van der Waals surface area (Å²) in [6.07, 6.45) is 5.27. The van der Waals surface area contributed by atoms with Crippen molar-refractivity contribution in [3.8, 4) is 11.5 Å². The van der Waals surface area contributed by atoms with E-state index in [1.165, 1.54) is 12.8 Å². The Bertz CT molecular complexity index is 447. The van der Waals surface area contributed by atoms with E-state index in [1.54, 1.807) is 7.11 Å². The van der Waals surface area contributed by atoms with E-state index in [2.05, 4.69) is 32.2 Å². The second-order valence-electron chi connectivity index (χ2n) is 6.16. The Labute approximate surface area is 129 Å². The molecule has 0 spiro atoms. The molecule has 3 atom stereocenters. The van der Waals surface area contributed by atoms with Gasteiger partial charge in [-0.2, -0.15) is 0 Å². The monoisotopic (exact) mass is 291 g/mol. The maximum absolute atomic E-state index is 6.35. The average Bonchev–Trinajstić information content (AvgIpc) is 2.47. The summed E-state index contributed by atoms with van der Waals surface area (Å²) < 4.78 is 11.9. The lowest BCUT2D eigenvalue weighted by Crippen LogP contribution is -2.26. The second kappa shape index (κ2) is 7.69. The van der Waals surface area contributed by atoms with Crippen molar-refractivity contribution >= 4 is 0 Å². The van der Waals surface area contributed by atoms with E-state index in [1.807, 2.05) is 12.1 Å². The number of ether oxygens (including phenoxy) is 2. The smallest absolute Gasteiger partial charge is 0.128 e. The van der Waals surface area contributed by atoms with E-state index in [0.29, 0.717) is 6.10 Å². The summed E-state index contributed by atoms with van der Waals surface area (Å²) in [5.74, 6) is 2.65. The third kappa shape index (κ3) is 4.13. The van der Waals surface area contributed by atoms with Gasteiger partial charge < -0.3 is 14.8 Å². The van der Waals surface area contributed by atoms with Gasteiger partial charge in [0.25, 0.3) is 0 Å². The fourth-order valence-electron chi connectivity index (χ4n) is 3.30. The van der Waals surface area contributed by atoms with Gasteiger partial charge in [0, 0.05) is 6.04 Å². The molecule has 3 nitrogen and oxygen atoms in total. The van der Waals surface area contributed by atoms with Gasteiger partial charge in [0.2, 0.25) is 0 Å². The summed E-state index contributed by atoms with van der Waals surface area (Å²) in [5, 5.41) is 3.46. The predicted molar refractivity (Wildman–Crippen MR) is 87.1 cm³/mol. The molecule has 1 saturated carbocycles. The lowest BCUT2D eigenvalue weighted by atomic mass is 9.88. The van der Waals surface area contributed by atoms with Crippen LogP contribution in [0.5, 0.6) is 11.5 Å². The van der Waals surface area contributed by atoms with E-state index in [0.717, 1.165) is 42.4 Å². The summed E-state index contributed by atoms with van der Waals surface area (Å²) in [5.41, 5.74) is 1.14. The molecule has 1 aliphatic carbocycles. The molecule has 1 N–H and O–H groups in total. The van der Waals surface area contributed by atoms with Gasteiger partial charge in [-0.1, -0.05) is 26.3 Å². The zero-order valence-corrected chi connectivity index (χ0v) is 13.8. The minimum atomic E-state index is 0.224. The van der Waals surface area contributed by atoms with Crippen LogP contribution in [0.15, 0.2) is 18.2 Å². The van der Waals surface area contributed by atoms with Crippen LogP contribution in [-0.2, 0) is 0 Å². The average molecular weight is 291 g/mol. The van der Waals surface area contributed by atoms with Crippen molar-refractivity contribution in [2.24, 2.45) is 5.92 Å². The minimum Gasteiger partial charge on any atom is -0.496 e. The van der Waals surface area contributed by atoms with E-state index in [9.17, 15) is 0 Å². The molecular formula is C18H29NO2. The third-order valence-electron chi connectivity index (χ3n) is 4.37. The maximum atomic E-state index is 6.35. The van der Waals surface area contributed by atoms with Crippen LogP contribution >= 0.6 is 0 Å². The summed E-state index contributed by atoms with van der Waals surface area (Å²) in [7, 11) is 1.73. The quantitative estimate of drug-likeness (QED) is 0.846. The first kappa shape index (κ1) is 16.2. The highest BCUT2D eigenvalue weighted by Crippen LogP contribution is 2.36. The van der Waals surface area contributed by atoms with Crippen molar-refractivity contribution in [3.63, 3.8) is 0 Å². The third-order valence-corrected chi connectivity index (χ3v) is 4.37. The van der Waals surface area contributed by atoms with Crippen LogP contribution in [0.25, 0.3) is 0 Å². The van der Waals surface area contributed by atoms with Crippen LogP contribution in [0.3, 0.4) is 0 Å². The molecule has 0 saturated heterocycles. The van der Waals surface area contributed by atoms with Crippen LogP contribution in [0.1, 0.15) is 58.1 Å². The summed E-state index contributed by atoms with van der Waals surface area (Å²) in [4.78, 5) is 0. The van der Waals surface area contributed by atoms with E-state index in [4.69, 9.17) is 9.47 Å². The Kier molecular flexibility index (Phi) is 5.92. The molecule has 1 fully saturated rings. The molecule has 0 amide bonds. The van der Waals surface area contributed by atoms with Crippen LogP contribution in [-0.4, -0.2) is 19.8 Å². The standard InChI is InChI=1S/C18H29NO2/c1-5-19-14(3)18-16(20-4)10-7-11-17(18)21-15-9-6-8-13(2)12-15/h7,10-11,13-15,19H,5-6,8-9,12H2,1-4H3. The molecule has 21 heavy (non-hydrogen) atoms. The molecule has 0 aliphatic heterocycles. The van der Waals surface area contributed by atoms with E-state index < -0.39 is 0 Å². The Hall–Kier alpha value is -1.22. The van der Waals surface area contributed by atoms with Crippen molar-refractivity contribution < 1.29 is 9.47 Å². The first-order valence-electron chi connectivity index (χ1n) is 8.22. The fraction of sp³-hybridized carbons (Fsp3) is 0.667. The number of benzene rings is 1. The number of hydrogen-bond acceptors (Lipinski definition) is 3. The SMILES string of the molecule is CCNC(C)c1c(OC)cccc1OC1CCCC(C)C1. The first-order valence-corrected chi connectivity index (χ1v) is 8.22. The van der Waals surface area contributed by atoms with Crippen LogP contribution < -0.4 is 14.8 Å². The number of hydrogen-bond donors (Lipinski definition) is 1. The highest BCUT2D eigenvalue weighted by atomic mass is 16.5. The summed E-state index contributed by atoms with van der Waals surface area (Å²) in [6, 6.07) is 6.33. The largest absolute Gasteiger partial charge is 0.496 e. The number of rotatable bonds is 6. The molecule has 0 radical (unpaired) electrons. The molecule has 3 heteroatoms. The van der Waals surface area contributed by atoms with Gasteiger partial charge in [0.15, 0.2) is 0 Å². The molecule has 0 heterocycles. The summed E-state index contributed by atoms with van der Waals surface area (Å²) >= 11 is 0. The van der Waals surface area contributed by atoms with Crippen LogP contribution in [0.4, 0.5) is 0 Å². The lowest BCUT2D eigenvalue weighted by molar-refractivity contribution is 0.127. The fourth-order valence-corrected chi connectivity index (χ4v) is 3.30. The zero-order valence-electron chi connectivity index (χ0n) is 13.8. The van der Waals surface area contributed by atoms with Crippen molar-refractivity contribution in [2.45, 2.75) is 58.6 Å². The molecule has 2 rings (SSSR count). The number of methoxy groups -OCH3 is 1. The van der Waals surface area contributed by atoms with Crippen LogP contribution in [0, 0.1) is 5.92 Å². The van der Waals surface area contributed by atoms with Gasteiger partial charge in [-0.15, -0.1) is 0 Å². The van der Waals surface area contributed by atoms with E-state index >= 15 is 0 Å². The van der Waals surface area contributed by atoms with Crippen molar-refractivity contribution in [1.29, 1.82) is 0 Å². The normalized spacial score (nSPS) is 23.6. The topological polar surface area (TPSA) is 30.5 Å². The van der Waals surface area contributed by atoms with Gasteiger partial charge in [-0.05, 0) is 50.8 Å². The van der Waals surface area contributed by atoms with Gasteiger partial charge >= 0.3 is 0 Å². The first-order chi connectivity index (χ1) is 10.2. The zero-order chi connectivity index (χ0) is 15.2. The Morgan fingerprint density at radius 1 is 1.29 bits per heavy atom. The molecule has 1 aliphatic rings. The lowest BCUT2D eigenvalue weighted by Gasteiger charge is -2.29. The Morgan fingerprint density at radius 3 is 2.71 bits per heavy atom. The molecule has 1 aromatic rings. The molecule has 0 aromatic heterocycles. The van der Waals surface area contributed by atoms with Crippen molar-refractivity contribution in [2.75, 3.05) is 13.7 Å². The molecule has 118 valence electrons. The molecule has 1 aromatic carbocycles. The summed E-state index contributed by atoms with van der Waals surface area (Å²) in [6.45, 7) is 7.54. The Morgan fingerprint density at radius 2 is 2.05 bits per heavy atom. The van der Waals surface area contributed by atoms with Crippen molar-refractivity contribution in [3.05, 3.63) is 23.8 Å². The van der Waals surface area contributed by atoms with Gasteiger partial charge in [0.1, 0.15) is 11.5 Å². The van der Waals surface area contributed by atoms with E-state index in [-0.39, 0.29) is 6.04 Å². The molecular weight excluding hydrogens is 262 g/mol. The minimum absolute atomic E-state index is 0.224. The van der Waals surface area contributed by atoms with Crippen LogP contribution in [0.2, 0.25) is 0 Å².